The minimum absolute atomic E-state index is 0.0148. The van der Waals surface area contributed by atoms with Gasteiger partial charge in [-0.15, -0.1) is 11.3 Å². The van der Waals surface area contributed by atoms with Gasteiger partial charge in [0.1, 0.15) is 5.69 Å². The van der Waals surface area contributed by atoms with Crippen LogP contribution < -0.4 is 5.73 Å². The van der Waals surface area contributed by atoms with Crippen molar-refractivity contribution < 1.29 is 4.92 Å². The first-order valence-electron chi connectivity index (χ1n) is 4.01. The Hall–Kier alpha value is -1.62. The van der Waals surface area contributed by atoms with E-state index in [9.17, 15) is 10.1 Å². The molecule has 2 N–H and O–H groups in total. The molecule has 0 bridgehead atoms. The molecule has 1 aromatic heterocycles. The van der Waals surface area contributed by atoms with Crippen molar-refractivity contribution in [2.24, 2.45) is 0 Å². The number of nitro benzene ring substituents is 1. The summed E-state index contributed by atoms with van der Waals surface area (Å²) >= 11 is 1.55. The number of fused-ring (bicyclic) bond motifs is 1. The fraction of sp³-hybridized carbons (Fsp3) is 0.111. The van der Waals surface area contributed by atoms with Crippen molar-refractivity contribution in [3.63, 3.8) is 0 Å². The minimum Gasteiger partial charge on any atom is -0.393 e. The molecule has 0 amide bonds. The largest absolute Gasteiger partial charge is 0.393 e. The summed E-state index contributed by atoms with van der Waals surface area (Å²) in [5.74, 6) is 0. The molecule has 0 spiro atoms. The van der Waals surface area contributed by atoms with E-state index in [1.165, 1.54) is 6.07 Å². The Morgan fingerprint density at radius 2 is 2.21 bits per heavy atom. The molecule has 72 valence electrons. The summed E-state index contributed by atoms with van der Waals surface area (Å²) in [5.41, 5.74) is 6.82. The summed E-state index contributed by atoms with van der Waals surface area (Å²) in [5, 5.41) is 13.5. The topological polar surface area (TPSA) is 69.2 Å². The standard InChI is InChI=1S/C9H8N2O2S/c1-5-4-14-9-3-7(10)8(11(12)13)2-6(5)9/h2-4H,10H2,1H3. The molecular formula is C9H8N2O2S. The summed E-state index contributed by atoms with van der Waals surface area (Å²) in [6.45, 7) is 1.93. The quantitative estimate of drug-likeness (QED) is 0.445. The highest BCUT2D eigenvalue weighted by atomic mass is 32.1. The van der Waals surface area contributed by atoms with Gasteiger partial charge in [0.15, 0.2) is 0 Å². The van der Waals surface area contributed by atoms with Crippen LogP contribution in [0.15, 0.2) is 17.5 Å². The third-order valence-corrected chi connectivity index (χ3v) is 3.18. The van der Waals surface area contributed by atoms with Gasteiger partial charge in [0.25, 0.3) is 5.69 Å². The van der Waals surface area contributed by atoms with Crippen molar-refractivity contribution in [1.29, 1.82) is 0 Å². The third kappa shape index (κ3) is 1.22. The van der Waals surface area contributed by atoms with Crippen molar-refractivity contribution in [3.05, 3.63) is 33.2 Å². The number of hydrogen-bond acceptors (Lipinski definition) is 4. The van der Waals surface area contributed by atoms with E-state index < -0.39 is 4.92 Å². The van der Waals surface area contributed by atoms with Gasteiger partial charge in [-0.3, -0.25) is 10.1 Å². The molecule has 14 heavy (non-hydrogen) atoms. The van der Waals surface area contributed by atoms with Gasteiger partial charge in [-0.25, -0.2) is 0 Å². The Kier molecular flexibility index (Phi) is 1.89. The maximum Gasteiger partial charge on any atom is 0.292 e. The molecular weight excluding hydrogens is 200 g/mol. The highest BCUT2D eigenvalue weighted by Crippen LogP contribution is 2.33. The predicted octanol–water partition coefficient (Wildman–Crippen LogP) is 2.70. The lowest BCUT2D eigenvalue weighted by atomic mass is 10.1. The molecule has 0 aliphatic rings. The monoisotopic (exact) mass is 208 g/mol. The highest BCUT2D eigenvalue weighted by Gasteiger charge is 2.13. The van der Waals surface area contributed by atoms with Crippen LogP contribution in [0.25, 0.3) is 10.1 Å². The van der Waals surface area contributed by atoms with Gasteiger partial charge in [0.2, 0.25) is 0 Å². The van der Waals surface area contributed by atoms with Gasteiger partial charge in [-0.1, -0.05) is 0 Å². The number of anilines is 1. The van der Waals surface area contributed by atoms with Gasteiger partial charge in [0, 0.05) is 16.2 Å². The fourth-order valence-corrected chi connectivity index (χ4v) is 2.34. The summed E-state index contributed by atoms with van der Waals surface area (Å²) in [6.07, 6.45) is 0. The van der Waals surface area contributed by atoms with Crippen molar-refractivity contribution in [1.82, 2.24) is 0 Å². The Labute approximate surface area is 84.1 Å². The van der Waals surface area contributed by atoms with E-state index in [1.54, 1.807) is 17.4 Å². The van der Waals surface area contributed by atoms with Crippen LogP contribution in [0.5, 0.6) is 0 Å². The smallest absolute Gasteiger partial charge is 0.292 e. The predicted molar refractivity (Wildman–Crippen MR) is 57.6 cm³/mol. The highest BCUT2D eigenvalue weighted by molar-refractivity contribution is 7.17. The van der Waals surface area contributed by atoms with Crippen LogP contribution in [-0.2, 0) is 0 Å². The van der Waals surface area contributed by atoms with E-state index in [0.29, 0.717) is 0 Å². The number of nitrogens with zero attached hydrogens (tertiary/aromatic N) is 1. The zero-order valence-electron chi connectivity index (χ0n) is 7.48. The normalized spacial score (nSPS) is 10.6. The molecule has 2 aromatic rings. The van der Waals surface area contributed by atoms with E-state index in [0.717, 1.165) is 15.6 Å². The van der Waals surface area contributed by atoms with E-state index >= 15 is 0 Å². The van der Waals surface area contributed by atoms with Gasteiger partial charge < -0.3 is 5.73 Å². The molecule has 0 atom stereocenters. The molecule has 0 saturated heterocycles. The number of nitrogen functional groups attached to an aromatic ring is 1. The molecule has 0 fully saturated rings. The Bertz CT molecular complexity index is 519. The number of nitrogens with two attached hydrogens (primary N) is 1. The van der Waals surface area contributed by atoms with Gasteiger partial charge in [0.05, 0.1) is 4.92 Å². The van der Waals surface area contributed by atoms with Crippen LogP contribution in [0.2, 0.25) is 0 Å². The average molecular weight is 208 g/mol. The third-order valence-electron chi connectivity index (χ3n) is 2.11. The minimum atomic E-state index is -0.453. The lowest BCUT2D eigenvalue weighted by Gasteiger charge is -1.97. The lowest BCUT2D eigenvalue weighted by Crippen LogP contribution is -1.94. The number of thiophene rings is 1. The van der Waals surface area contributed by atoms with Crippen LogP contribution in [0.4, 0.5) is 11.4 Å². The van der Waals surface area contributed by atoms with Crippen molar-refractivity contribution in [3.8, 4) is 0 Å². The van der Waals surface area contributed by atoms with Gasteiger partial charge in [-0.2, -0.15) is 0 Å². The first kappa shape index (κ1) is 8.96. The molecule has 5 heteroatoms. The maximum atomic E-state index is 10.6. The first-order valence-corrected chi connectivity index (χ1v) is 4.89. The summed E-state index contributed by atoms with van der Waals surface area (Å²) in [4.78, 5) is 10.2. The molecule has 0 aliphatic carbocycles. The number of nitro groups is 1. The summed E-state index contributed by atoms with van der Waals surface area (Å²) in [6, 6.07) is 3.20. The van der Waals surface area contributed by atoms with E-state index in [-0.39, 0.29) is 11.4 Å². The van der Waals surface area contributed by atoms with Crippen molar-refractivity contribution in [2.45, 2.75) is 6.92 Å². The molecule has 2 rings (SSSR count). The van der Waals surface area contributed by atoms with E-state index in [2.05, 4.69) is 0 Å². The van der Waals surface area contributed by atoms with Crippen molar-refractivity contribution >= 4 is 32.8 Å². The Morgan fingerprint density at radius 3 is 2.86 bits per heavy atom. The molecule has 0 aliphatic heterocycles. The van der Waals surface area contributed by atoms with Crippen LogP contribution in [-0.4, -0.2) is 4.92 Å². The van der Waals surface area contributed by atoms with Crippen LogP contribution in [0.1, 0.15) is 5.56 Å². The second-order valence-corrected chi connectivity index (χ2v) is 3.99. The molecule has 4 nitrogen and oxygen atoms in total. The fourth-order valence-electron chi connectivity index (χ4n) is 1.36. The van der Waals surface area contributed by atoms with Gasteiger partial charge in [-0.05, 0) is 23.9 Å². The molecule has 0 radical (unpaired) electrons. The van der Waals surface area contributed by atoms with Crippen LogP contribution in [0, 0.1) is 17.0 Å². The number of rotatable bonds is 1. The second kappa shape index (κ2) is 2.95. The number of benzene rings is 1. The molecule has 1 heterocycles. The van der Waals surface area contributed by atoms with E-state index in [1.807, 2.05) is 12.3 Å². The average Bonchev–Trinajstić information content (AvgIpc) is 2.46. The number of aryl methyl sites for hydroxylation is 1. The lowest BCUT2D eigenvalue weighted by molar-refractivity contribution is -0.383. The maximum absolute atomic E-state index is 10.6. The zero-order chi connectivity index (χ0) is 10.3. The van der Waals surface area contributed by atoms with Crippen molar-refractivity contribution in [2.75, 3.05) is 5.73 Å². The van der Waals surface area contributed by atoms with Crippen LogP contribution in [0.3, 0.4) is 0 Å². The number of hydrogen-bond donors (Lipinski definition) is 1. The molecule has 0 saturated carbocycles. The van der Waals surface area contributed by atoms with Crippen LogP contribution >= 0.6 is 11.3 Å². The Morgan fingerprint density at radius 1 is 1.50 bits per heavy atom. The SMILES string of the molecule is Cc1csc2cc(N)c([N+](=O)[O-])cc12. The zero-order valence-corrected chi connectivity index (χ0v) is 8.30. The molecule has 0 unspecified atom stereocenters. The van der Waals surface area contributed by atoms with Gasteiger partial charge >= 0.3 is 0 Å². The van der Waals surface area contributed by atoms with E-state index in [4.69, 9.17) is 5.73 Å². The molecule has 1 aromatic carbocycles. The summed E-state index contributed by atoms with van der Waals surface area (Å²) in [7, 11) is 0. The summed E-state index contributed by atoms with van der Waals surface area (Å²) < 4.78 is 0.991. The first-order chi connectivity index (χ1) is 6.59. The Balaban J connectivity index is 2.80. The second-order valence-electron chi connectivity index (χ2n) is 3.08.